The standard InChI is InChI=1S/C15H17N3O4S2/c1-8-6-13(9(2)23-8)24(20,21)18-15(19)11-7-12(22-3)14(17-16-11)10-4-5-10/h6-7,10H,4-5H2,1-3H3,(H,18,19). The van der Waals surface area contributed by atoms with Gasteiger partial charge in [-0.2, -0.15) is 5.10 Å². The minimum Gasteiger partial charge on any atom is -0.495 e. The Labute approximate surface area is 144 Å². The van der Waals surface area contributed by atoms with Crippen molar-refractivity contribution in [1.29, 1.82) is 0 Å². The first-order valence-corrected chi connectivity index (χ1v) is 9.67. The molecule has 24 heavy (non-hydrogen) atoms. The fourth-order valence-electron chi connectivity index (χ4n) is 2.40. The number of aromatic nitrogens is 2. The molecule has 0 aromatic carbocycles. The zero-order valence-corrected chi connectivity index (χ0v) is 15.1. The third kappa shape index (κ3) is 3.27. The van der Waals surface area contributed by atoms with Gasteiger partial charge in [-0.05, 0) is 32.8 Å². The summed E-state index contributed by atoms with van der Waals surface area (Å²) < 4.78 is 32.1. The summed E-state index contributed by atoms with van der Waals surface area (Å²) in [6.45, 7) is 3.51. The van der Waals surface area contributed by atoms with Crippen LogP contribution >= 0.6 is 11.3 Å². The van der Waals surface area contributed by atoms with Crippen LogP contribution in [0.2, 0.25) is 0 Å². The maximum atomic E-state index is 12.4. The topological polar surface area (TPSA) is 98.2 Å². The Hall–Kier alpha value is -2.00. The highest BCUT2D eigenvalue weighted by molar-refractivity contribution is 7.90. The van der Waals surface area contributed by atoms with E-state index in [0.717, 1.165) is 17.7 Å². The summed E-state index contributed by atoms with van der Waals surface area (Å²) in [4.78, 5) is 13.9. The zero-order chi connectivity index (χ0) is 17.5. The lowest BCUT2D eigenvalue weighted by Crippen LogP contribution is -2.31. The van der Waals surface area contributed by atoms with Crippen molar-refractivity contribution >= 4 is 27.3 Å². The third-order valence-corrected chi connectivity index (χ3v) is 6.27. The molecule has 3 rings (SSSR count). The lowest BCUT2D eigenvalue weighted by atomic mass is 10.2. The first-order chi connectivity index (χ1) is 11.3. The lowest BCUT2D eigenvalue weighted by molar-refractivity contribution is 0.0975. The molecule has 0 saturated heterocycles. The number of aryl methyl sites for hydroxylation is 2. The Balaban J connectivity index is 1.85. The van der Waals surface area contributed by atoms with Crippen molar-refractivity contribution in [3.8, 4) is 5.75 Å². The third-order valence-electron chi connectivity index (χ3n) is 3.71. The molecule has 9 heteroatoms. The number of thiophene rings is 1. The molecule has 2 aromatic heterocycles. The monoisotopic (exact) mass is 367 g/mol. The molecule has 0 atom stereocenters. The van der Waals surface area contributed by atoms with E-state index in [2.05, 4.69) is 10.2 Å². The fraction of sp³-hybridized carbons (Fsp3) is 0.400. The quantitative estimate of drug-likeness (QED) is 0.869. The van der Waals surface area contributed by atoms with Crippen LogP contribution in [0.5, 0.6) is 5.75 Å². The second-order valence-electron chi connectivity index (χ2n) is 5.67. The number of carbonyl (C=O) groups is 1. The van der Waals surface area contributed by atoms with Gasteiger partial charge in [-0.3, -0.25) is 4.79 Å². The molecule has 1 aliphatic carbocycles. The summed E-state index contributed by atoms with van der Waals surface area (Å²) >= 11 is 1.36. The van der Waals surface area contributed by atoms with Gasteiger partial charge in [0.2, 0.25) is 0 Å². The van der Waals surface area contributed by atoms with E-state index < -0.39 is 15.9 Å². The van der Waals surface area contributed by atoms with Gasteiger partial charge in [0.05, 0.1) is 7.11 Å². The number of sulfonamides is 1. The second kappa shape index (κ2) is 6.14. The molecule has 0 aliphatic heterocycles. The summed E-state index contributed by atoms with van der Waals surface area (Å²) in [5.41, 5.74) is 0.616. The molecular formula is C15H17N3O4S2. The Morgan fingerprint density at radius 1 is 1.29 bits per heavy atom. The van der Waals surface area contributed by atoms with Crippen LogP contribution in [0.3, 0.4) is 0 Å². The van der Waals surface area contributed by atoms with Crippen LogP contribution in [0.4, 0.5) is 0 Å². The summed E-state index contributed by atoms with van der Waals surface area (Å²) in [7, 11) is -2.46. The Bertz CT molecular complexity index is 901. The van der Waals surface area contributed by atoms with E-state index >= 15 is 0 Å². The number of methoxy groups -OCH3 is 1. The molecule has 1 aliphatic rings. The largest absolute Gasteiger partial charge is 0.495 e. The van der Waals surface area contributed by atoms with E-state index in [-0.39, 0.29) is 10.6 Å². The van der Waals surface area contributed by atoms with Crippen molar-refractivity contribution in [3.05, 3.63) is 33.3 Å². The molecule has 0 radical (unpaired) electrons. The number of nitrogens with zero attached hydrogens (tertiary/aromatic N) is 2. The Morgan fingerprint density at radius 2 is 2.00 bits per heavy atom. The van der Waals surface area contributed by atoms with Crippen molar-refractivity contribution in [1.82, 2.24) is 14.9 Å². The van der Waals surface area contributed by atoms with Gasteiger partial charge in [0, 0.05) is 21.7 Å². The number of rotatable bonds is 5. The van der Waals surface area contributed by atoms with Crippen molar-refractivity contribution in [2.45, 2.75) is 37.5 Å². The molecule has 1 N–H and O–H groups in total. The summed E-state index contributed by atoms with van der Waals surface area (Å²) in [6, 6.07) is 2.97. The first-order valence-electron chi connectivity index (χ1n) is 7.37. The summed E-state index contributed by atoms with van der Waals surface area (Å²) in [5.74, 6) is -0.0614. The normalized spacial score (nSPS) is 14.5. The molecule has 0 unspecified atom stereocenters. The molecule has 0 bridgehead atoms. The first kappa shape index (κ1) is 16.8. The Kier molecular flexibility index (Phi) is 4.31. The number of nitrogens with one attached hydrogen (secondary N) is 1. The average molecular weight is 367 g/mol. The maximum absolute atomic E-state index is 12.4. The smallest absolute Gasteiger partial charge is 0.285 e. The highest BCUT2D eigenvalue weighted by Crippen LogP contribution is 2.42. The van der Waals surface area contributed by atoms with Crippen LogP contribution in [-0.2, 0) is 10.0 Å². The van der Waals surface area contributed by atoms with E-state index in [1.807, 2.05) is 11.6 Å². The molecular weight excluding hydrogens is 350 g/mol. The van der Waals surface area contributed by atoms with Gasteiger partial charge in [0.1, 0.15) is 16.3 Å². The minimum atomic E-state index is -3.95. The summed E-state index contributed by atoms with van der Waals surface area (Å²) in [6.07, 6.45) is 2.03. The molecule has 2 heterocycles. The van der Waals surface area contributed by atoms with Gasteiger partial charge in [-0.15, -0.1) is 16.4 Å². The van der Waals surface area contributed by atoms with Gasteiger partial charge >= 0.3 is 0 Å². The van der Waals surface area contributed by atoms with Crippen LogP contribution in [0.25, 0.3) is 0 Å². The van der Waals surface area contributed by atoms with Gasteiger partial charge < -0.3 is 4.74 Å². The average Bonchev–Trinajstić information content (AvgIpc) is 3.30. The number of carbonyl (C=O) groups excluding carboxylic acids is 1. The van der Waals surface area contributed by atoms with Crippen molar-refractivity contribution in [3.63, 3.8) is 0 Å². The fourth-order valence-corrected chi connectivity index (χ4v) is 4.92. The number of hydrogen-bond donors (Lipinski definition) is 1. The van der Waals surface area contributed by atoms with Gasteiger partial charge in [0.15, 0.2) is 5.69 Å². The molecule has 128 valence electrons. The van der Waals surface area contributed by atoms with Crippen molar-refractivity contribution in [2.24, 2.45) is 0 Å². The predicted molar refractivity (Wildman–Crippen MR) is 89.0 cm³/mol. The number of amides is 1. The SMILES string of the molecule is COc1cc(C(=O)NS(=O)(=O)c2cc(C)sc2C)nnc1C1CC1. The second-order valence-corrected chi connectivity index (χ2v) is 8.78. The molecule has 1 saturated carbocycles. The van der Waals surface area contributed by atoms with Crippen LogP contribution in [0.15, 0.2) is 17.0 Å². The maximum Gasteiger partial charge on any atom is 0.285 e. The van der Waals surface area contributed by atoms with Crippen LogP contribution in [0, 0.1) is 13.8 Å². The number of ether oxygens (including phenoxy) is 1. The Morgan fingerprint density at radius 3 is 2.54 bits per heavy atom. The zero-order valence-electron chi connectivity index (χ0n) is 13.5. The lowest BCUT2D eigenvalue weighted by Gasteiger charge is -2.09. The van der Waals surface area contributed by atoms with Crippen molar-refractivity contribution < 1.29 is 17.9 Å². The van der Waals surface area contributed by atoms with E-state index in [0.29, 0.717) is 22.2 Å². The van der Waals surface area contributed by atoms with E-state index in [4.69, 9.17) is 4.74 Å². The van der Waals surface area contributed by atoms with E-state index in [9.17, 15) is 13.2 Å². The van der Waals surface area contributed by atoms with E-state index in [1.54, 1.807) is 6.92 Å². The van der Waals surface area contributed by atoms with Crippen LogP contribution in [-0.4, -0.2) is 31.6 Å². The molecule has 2 aromatic rings. The van der Waals surface area contributed by atoms with E-state index in [1.165, 1.54) is 30.6 Å². The molecule has 7 nitrogen and oxygen atoms in total. The molecule has 0 spiro atoms. The molecule has 1 amide bonds. The van der Waals surface area contributed by atoms with Crippen molar-refractivity contribution in [2.75, 3.05) is 7.11 Å². The molecule has 1 fully saturated rings. The van der Waals surface area contributed by atoms with Gasteiger partial charge in [-0.25, -0.2) is 13.1 Å². The van der Waals surface area contributed by atoms with Crippen LogP contribution in [0.1, 0.15) is 44.7 Å². The van der Waals surface area contributed by atoms with Gasteiger partial charge in [-0.1, -0.05) is 0 Å². The van der Waals surface area contributed by atoms with Crippen LogP contribution < -0.4 is 9.46 Å². The number of hydrogen-bond acceptors (Lipinski definition) is 7. The highest BCUT2D eigenvalue weighted by Gasteiger charge is 2.30. The summed E-state index contributed by atoms with van der Waals surface area (Å²) in [5, 5.41) is 7.88. The minimum absolute atomic E-state index is 0.0931. The van der Waals surface area contributed by atoms with Gasteiger partial charge in [0.25, 0.3) is 15.9 Å². The highest BCUT2D eigenvalue weighted by atomic mass is 32.2. The predicted octanol–water partition coefficient (Wildman–Crippen LogP) is 2.16.